The van der Waals surface area contributed by atoms with Gasteiger partial charge in [0.25, 0.3) is 5.91 Å². The highest BCUT2D eigenvalue weighted by Crippen LogP contribution is 2.28. The first-order valence-electron chi connectivity index (χ1n) is 12.3. The second-order valence-corrected chi connectivity index (χ2v) is 9.57. The first kappa shape index (κ1) is 22.5. The molecule has 0 aromatic carbocycles. The van der Waals surface area contributed by atoms with Gasteiger partial charge in [-0.25, -0.2) is 9.97 Å². The molecule has 1 saturated heterocycles. The number of carbonyl (C=O) groups excluding carboxylic acids is 1. The van der Waals surface area contributed by atoms with Gasteiger partial charge in [-0.05, 0) is 44.4 Å². The minimum atomic E-state index is -0.0863. The van der Waals surface area contributed by atoms with Crippen LogP contribution in [0.5, 0.6) is 0 Å². The van der Waals surface area contributed by atoms with Gasteiger partial charge in [0.15, 0.2) is 0 Å². The van der Waals surface area contributed by atoms with Gasteiger partial charge in [0.05, 0.1) is 19.0 Å². The van der Waals surface area contributed by atoms with Gasteiger partial charge < -0.3 is 15.0 Å². The quantitative estimate of drug-likeness (QED) is 0.650. The molecule has 7 nitrogen and oxygen atoms in total. The number of hydrogen-bond acceptors (Lipinski definition) is 6. The lowest BCUT2D eigenvalue weighted by Gasteiger charge is -2.41. The molecular weight excluding hydrogens is 390 g/mol. The number of aromatic nitrogens is 2. The third kappa shape index (κ3) is 6.16. The number of nitrogens with one attached hydrogen (secondary N) is 1. The van der Waals surface area contributed by atoms with Crippen LogP contribution in [-0.2, 0) is 4.74 Å². The van der Waals surface area contributed by atoms with E-state index in [1.54, 1.807) is 19.5 Å². The van der Waals surface area contributed by atoms with Crippen molar-refractivity contribution in [1.29, 1.82) is 0 Å². The smallest absolute Gasteiger partial charge is 0.271 e. The molecule has 31 heavy (non-hydrogen) atoms. The molecule has 1 aromatic rings. The summed E-state index contributed by atoms with van der Waals surface area (Å²) in [5.74, 6) is 1.54. The predicted octanol–water partition coefficient (Wildman–Crippen LogP) is 3.26. The number of ether oxygens (including phenoxy) is 1. The van der Waals surface area contributed by atoms with Crippen LogP contribution in [0.2, 0.25) is 0 Å². The molecule has 0 unspecified atom stereocenters. The highest BCUT2D eigenvalue weighted by atomic mass is 16.5. The van der Waals surface area contributed by atoms with E-state index in [0.717, 1.165) is 56.9 Å². The Hall–Kier alpha value is -1.73. The van der Waals surface area contributed by atoms with Gasteiger partial charge in [0.1, 0.15) is 11.5 Å². The van der Waals surface area contributed by atoms with Crippen LogP contribution in [0.15, 0.2) is 12.4 Å². The number of amides is 1. The van der Waals surface area contributed by atoms with Gasteiger partial charge in [0, 0.05) is 45.4 Å². The maximum absolute atomic E-state index is 12.5. The molecule has 0 bridgehead atoms. The molecule has 1 amide bonds. The number of piperidine rings is 1. The van der Waals surface area contributed by atoms with Crippen LogP contribution in [0.25, 0.3) is 0 Å². The zero-order chi connectivity index (χ0) is 21.5. The summed E-state index contributed by atoms with van der Waals surface area (Å²) in [7, 11) is 1.80. The maximum Gasteiger partial charge on any atom is 0.271 e. The molecule has 7 heteroatoms. The largest absolute Gasteiger partial charge is 0.383 e. The first-order valence-corrected chi connectivity index (χ1v) is 12.3. The van der Waals surface area contributed by atoms with Gasteiger partial charge >= 0.3 is 0 Å². The molecule has 3 aliphatic rings. The van der Waals surface area contributed by atoms with Crippen LogP contribution in [0.3, 0.4) is 0 Å². The van der Waals surface area contributed by atoms with E-state index in [1.165, 1.54) is 57.9 Å². The third-order valence-electron chi connectivity index (χ3n) is 7.42. The van der Waals surface area contributed by atoms with Crippen LogP contribution in [0.4, 0.5) is 5.82 Å². The fraction of sp³-hybridized carbons (Fsp3) is 0.792. The summed E-state index contributed by atoms with van der Waals surface area (Å²) < 4.78 is 5.33. The second kappa shape index (κ2) is 11.2. The Morgan fingerprint density at radius 3 is 2.45 bits per heavy atom. The highest BCUT2D eigenvalue weighted by Gasteiger charge is 2.29. The van der Waals surface area contributed by atoms with Gasteiger partial charge in [-0.2, -0.15) is 0 Å². The summed E-state index contributed by atoms with van der Waals surface area (Å²) in [5.41, 5.74) is 0.429. The number of rotatable bonds is 9. The molecule has 0 atom stereocenters. The summed E-state index contributed by atoms with van der Waals surface area (Å²) in [6, 6.07) is 1.07. The Kier molecular flexibility index (Phi) is 8.14. The SMILES string of the molecule is COCCN(CC1CCN(c2cnc(C(=O)NC3CCCCC3)cn2)CC1)C1CCC1. The topological polar surface area (TPSA) is 70.6 Å². The first-order chi connectivity index (χ1) is 15.2. The number of hydrogen-bond donors (Lipinski definition) is 1. The van der Waals surface area contributed by atoms with Crippen LogP contribution in [0.1, 0.15) is 74.7 Å². The van der Waals surface area contributed by atoms with Gasteiger partial charge in [0.2, 0.25) is 0 Å². The highest BCUT2D eigenvalue weighted by molar-refractivity contribution is 5.92. The molecule has 1 aliphatic heterocycles. The zero-order valence-electron chi connectivity index (χ0n) is 19.1. The van der Waals surface area contributed by atoms with Crippen molar-refractivity contribution in [1.82, 2.24) is 20.2 Å². The lowest BCUT2D eigenvalue weighted by atomic mass is 9.89. The molecule has 4 rings (SSSR count). The Morgan fingerprint density at radius 1 is 1.06 bits per heavy atom. The average molecular weight is 430 g/mol. The standard InChI is InChI=1S/C24H39N5O2/c1-31-15-14-29(21-8-5-9-21)18-19-10-12-28(13-11-19)23-17-25-22(16-26-23)24(30)27-20-6-3-2-4-7-20/h16-17,19-21H,2-15,18H2,1H3,(H,27,30). The predicted molar refractivity (Wildman–Crippen MR) is 122 cm³/mol. The monoisotopic (exact) mass is 429 g/mol. The summed E-state index contributed by atoms with van der Waals surface area (Å²) in [6.07, 6.45) is 15.7. The van der Waals surface area contributed by atoms with E-state index in [1.807, 2.05) is 0 Å². The molecular formula is C24H39N5O2. The fourth-order valence-corrected chi connectivity index (χ4v) is 5.17. The van der Waals surface area contributed by atoms with Crippen molar-refractivity contribution in [2.75, 3.05) is 44.8 Å². The molecule has 1 N–H and O–H groups in total. The fourth-order valence-electron chi connectivity index (χ4n) is 5.17. The number of carbonyl (C=O) groups is 1. The molecule has 2 aliphatic carbocycles. The van der Waals surface area contributed by atoms with Crippen LogP contribution < -0.4 is 10.2 Å². The Morgan fingerprint density at radius 2 is 1.84 bits per heavy atom. The molecule has 172 valence electrons. The van der Waals surface area contributed by atoms with Crippen LogP contribution in [-0.4, -0.2) is 72.8 Å². The van der Waals surface area contributed by atoms with Crippen LogP contribution >= 0.6 is 0 Å². The number of methoxy groups -OCH3 is 1. The van der Waals surface area contributed by atoms with E-state index in [2.05, 4.69) is 25.1 Å². The number of anilines is 1. The van der Waals surface area contributed by atoms with Crippen molar-refractivity contribution in [3.8, 4) is 0 Å². The molecule has 0 radical (unpaired) electrons. The van der Waals surface area contributed by atoms with Crippen molar-refractivity contribution < 1.29 is 9.53 Å². The Labute approximate surface area is 186 Å². The van der Waals surface area contributed by atoms with Gasteiger partial charge in [-0.1, -0.05) is 25.7 Å². The van der Waals surface area contributed by atoms with Crippen molar-refractivity contribution in [2.45, 2.75) is 76.3 Å². The third-order valence-corrected chi connectivity index (χ3v) is 7.42. The van der Waals surface area contributed by atoms with E-state index in [4.69, 9.17) is 4.74 Å². The Bertz CT molecular complexity index is 680. The molecule has 0 spiro atoms. The maximum atomic E-state index is 12.5. The summed E-state index contributed by atoms with van der Waals surface area (Å²) in [6.45, 7) is 5.09. The lowest BCUT2D eigenvalue weighted by molar-refractivity contribution is 0.0675. The summed E-state index contributed by atoms with van der Waals surface area (Å²) >= 11 is 0. The average Bonchev–Trinajstić information content (AvgIpc) is 2.77. The Balaban J connectivity index is 1.24. The number of nitrogens with zero attached hydrogens (tertiary/aromatic N) is 4. The van der Waals surface area contributed by atoms with Crippen LogP contribution in [0, 0.1) is 5.92 Å². The van der Waals surface area contributed by atoms with Crippen molar-refractivity contribution in [3.63, 3.8) is 0 Å². The van der Waals surface area contributed by atoms with E-state index in [9.17, 15) is 4.79 Å². The van der Waals surface area contributed by atoms with E-state index in [0.29, 0.717) is 11.7 Å². The molecule has 2 saturated carbocycles. The minimum absolute atomic E-state index is 0.0863. The lowest BCUT2D eigenvalue weighted by Crippen LogP contribution is -2.46. The van der Waals surface area contributed by atoms with Gasteiger partial charge in [-0.15, -0.1) is 0 Å². The van der Waals surface area contributed by atoms with E-state index < -0.39 is 0 Å². The molecule has 1 aromatic heterocycles. The van der Waals surface area contributed by atoms with Gasteiger partial charge in [-0.3, -0.25) is 9.69 Å². The summed E-state index contributed by atoms with van der Waals surface area (Å²) in [4.78, 5) is 26.4. The molecule has 3 fully saturated rings. The normalized spacial score (nSPS) is 21.3. The second-order valence-electron chi connectivity index (χ2n) is 9.57. The van der Waals surface area contributed by atoms with Crippen molar-refractivity contribution in [3.05, 3.63) is 18.1 Å². The van der Waals surface area contributed by atoms with Crippen molar-refractivity contribution in [2.24, 2.45) is 5.92 Å². The van der Waals surface area contributed by atoms with Crippen molar-refractivity contribution >= 4 is 11.7 Å². The zero-order valence-corrected chi connectivity index (χ0v) is 19.1. The van der Waals surface area contributed by atoms with E-state index in [-0.39, 0.29) is 5.91 Å². The molecule has 2 heterocycles. The minimum Gasteiger partial charge on any atom is -0.383 e. The summed E-state index contributed by atoms with van der Waals surface area (Å²) in [5, 5.41) is 3.12. The van der Waals surface area contributed by atoms with E-state index >= 15 is 0 Å².